The summed E-state index contributed by atoms with van der Waals surface area (Å²) in [7, 11) is 0. The summed E-state index contributed by atoms with van der Waals surface area (Å²) >= 11 is 3.41. The topological polar surface area (TPSA) is 47.6 Å². The Balaban J connectivity index is 1.66. The quantitative estimate of drug-likeness (QED) is 0.861. The molecule has 0 radical (unpaired) electrons. The van der Waals surface area contributed by atoms with Crippen LogP contribution in [0.5, 0.6) is 5.75 Å². The average molecular weight is 338 g/mol. The summed E-state index contributed by atoms with van der Waals surface area (Å²) in [5.74, 6) is 0.573. The van der Waals surface area contributed by atoms with Gasteiger partial charge in [0.05, 0.1) is 11.7 Å². The minimum Gasteiger partial charge on any atom is -0.488 e. The van der Waals surface area contributed by atoms with Crippen molar-refractivity contribution in [3.63, 3.8) is 0 Å². The lowest BCUT2D eigenvalue weighted by Crippen LogP contribution is -2.31. The van der Waals surface area contributed by atoms with Crippen molar-refractivity contribution in [1.82, 2.24) is 5.48 Å². The smallest absolute Gasteiger partial charge is 0.274 e. The van der Waals surface area contributed by atoms with Crippen molar-refractivity contribution in [3.8, 4) is 5.75 Å². The molecular weight excluding hydrogens is 322 g/mol. The Morgan fingerprint density at radius 3 is 2.95 bits per heavy atom. The van der Waals surface area contributed by atoms with Gasteiger partial charge in [0.25, 0.3) is 5.91 Å². The molecule has 0 aromatic heterocycles. The van der Waals surface area contributed by atoms with Crippen LogP contribution in [0.4, 0.5) is 0 Å². The Morgan fingerprint density at radius 2 is 2.15 bits per heavy atom. The van der Waals surface area contributed by atoms with Crippen LogP contribution in [0.1, 0.15) is 31.2 Å². The zero-order valence-electron chi connectivity index (χ0n) is 11.0. The van der Waals surface area contributed by atoms with Gasteiger partial charge in [-0.05, 0) is 37.1 Å². The molecule has 106 valence electrons. The van der Waals surface area contributed by atoms with Gasteiger partial charge in [0.1, 0.15) is 12.4 Å². The molecule has 0 bridgehead atoms. The predicted molar refractivity (Wildman–Crippen MR) is 79.1 cm³/mol. The molecule has 1 saturated carbocycles. The Hall–Kier alpha value is -1.33. The van der Waals surface area contributed by atoms with Gasteiger partial charge in [-0.2, -0.15) is 0 Å². The van der Waals surface area contributed by atoms with Gasteiger partial charge in [-0.3, -0.25) is 9.63 Å². The molecule has 0 atom stereocenters. The van der Waals surface area contributed by atoms with E-state index in [1.54, 1.807) is 0 Å². The van der Waals surface area contributed by atoms with Gasteiger partial charge in [-0.15, -0.1) is 0 Å². The first-order valence-electron chi connectivity index (χ1n) is 6.81. The van der Waals surface area contributed by atoms with Crippen LogP contribution in [0, 0.1) is 0 Å². The maximum atomic E-state index is 12.1. The van der Waals surface area contributed by atoms with Crippen LogP contribution in [-0.4, -0.2) is 18.6 Å². The van der Waals surface area contributed by atoms with Crippen LogP contribution in [0.2, 0.25) is 0 Å². The van der Waals surface area contributed by atoms with Crippen molar-refractivity contribution >= 4 is 27.9 Å². The number of ether oxygens (including phenoxy) is 1. The minimum atomic E-state index is -0.220. The van der Waals surface area contributed by atoms with E-state index in [-0.39, 0.29) is 18.6 Å². The lowest BCUT2D eigenvalue weighted by atomic mass is 10.1. The summed E-state index contributed by atoms with van der Waals surface area (Å²) in [6.07, 6.45) is 6.39. The highest BCUT2D eigenvalue weighted by Gasteiger charge is 2.20. The van der Waals surface area contributed by atoms with Gasteiger partial charge in [0.15, 0.2) is 0 Å². The number of halogens is 1. The summed E-state index contributed by atoms with van der Waals surface area (Å²) in [5, 5.41) is 0. The van der Waals surface area contributed by atoms with Crippen LogP contribution in [0.15, 0.2) is 28.2 Å². The molecule has 1 heterocycles. The Bertz CT molecular complexity index is 550. The monoisotopic (exact) mass is 337 g/mol. The van der Waals surface area contributed by atoms with Crippen molar-refractivity contribution in [1.29, 1.82) is 0 Å². The fourth-order valence-corrected chi connectivity index (χ4v) is 2.87. The van der Waals surface area contributed by atoms with Gasteiger partial charge >= 0.3 is 0 Å². The molecule has 2 aliphatic rings. The van der Waals surface area contributed by atoms with E-state index in [2.05, 4.69) is 21.4 Å². The number of hydroxylamine groups is 1. The fraction of sp³-hybridized carbons (Fsp3) is 0.400. The molecule has 20 heavy (non-hydrogen) atoms. The standard InChI is InChI=1S/C15H16BrNO3/c16-12-5-6-14-10(8-12)7-11(9-19-14)15(18)17-20-13-3-1-2-4-13/h5-8,13H,1-4,9H2,(H,17,18). The van der Waals surface area contributed by atoms with E-state index in [4.69, 9.17) is 9.57 Å². The summed E-state index contributed by atoms with van der Waals surface area (Å²) < 4.78 is 6.54. The molecule has 1 fully saturated rings. The zero-order chi connectivity index (χ0) is 13.9. The van der Waals surface area contributed by atoms with Crippen molar-refractivity contribution in [2.75, 3.05) is 6.61 Å². The van der Waals surface area contributed by atoms with Crippen LogP contribution >= 0.6 is 15.9 Å². The lowest BCUT2D eigenvalue weighted by Gasteiger charge is -2.18. The number of carbonyl (C=O) groups excluding carboxylic acids is 1. The molecule has 5 heteroatoms. The molecule has 1 aliphatic carbocycles. The van der Waals surface area contributed by atoms with Crippen LogP contribution < -0.4 is 10.2 Å². The van der Waals surface area contributed by atoms with Crippen molar-refractivity contribution < 1.29 is 14.4 Å². The highest BCUT2D eigenvalue weighted by atomic mass is 79.9. The van der Waals surface area contributed by atoms with E-state index >= 15 is 0 Å². The molecule has 0 unspecified atom stereocenters. The Kier molecular flexibility index (Phi) is 4.08. The maximum Gasteiger partial charge on any atom is 0.274 e. The third-order valence-electron chi connectivity index (χ3n) is 3.60. The first-order valence-corrected chi connectivity index (χ1v) is 7.60. The van der Waals surface area contributed by atoms with E-state index < -0.39 is 0 Å². The van der Waals surface area contributed by atoms with Crippen molar-refractivity contribution in [2.45, 2.75) is 31.8 Å². The van der Waals surface area contributed by atoms with E-state index in [0.717, 1.165) is 28.6 Å². The lowest BCUT2D eigenvalue weighted by molar-refractivity contribution is -0.134. The largest absolute Gasteiger partial charge is 0.488 e. The first kappa shape index (κ1) is 13.6. The predicted octanol–water partition coefficient (Wildman–Crippen LogP) is 3.22. The average Bonchev–Trinajstić information content (AvgIpc) is 2.97. The van der Waals surface area contributed by atoms with Crippen molar-refractivity contribution in [3.05, 3.63) is 33.8 Å². The number of hydrogen-bond acceptors (Lipinski definition) is 3. The number of carbonyl (C=O) groups is 1. The van der Waals surface area contributed by atoms with E-state index in [1.165, 1.54) is 12.8 Å². The Morgan fingerprint density at radius 1 is 1.35 bits per heavy atom. The molecule has 0 spiro atoms. The Labute approximate surface area is 126 Å². The molecule has 3 rings (SSSR count). The number of amides is 1. The summed E-state index contributed by atoms with van der Waals surface area (Å²) in [6.45, 7) is 0.272. The molecule has 1 N–H and O–H groups in total. The van der Waals surface area contributed by atoms with Gasteiger partial charge in [0, 0.05) is 10.0 Å². The molecule has 1 aromatic carbocycles. The minimum absolute atomic E-state index is 0.158. The third kappa shape index (κ3) is 3.04. The maximum absolute atomic E-state index is 12.1. The zero-order valence-corrected chi connectivity index (χ0v) is 12.6. The van der Waals surface area contributed by atoms with Gasteiger partial charge in [0.2, 0.25) is 0 Å². The van der Waals surface area contributed by atoms with Crippen molar-refractivity contribution in [2.24, 2.45) is 0 Å². The molecule has 1 amide bonds. The summed E-state index contributed by atoms with van der Waals surface area (Å²) in [5.41, 5.74) is 4.02. The SMILES string of the molecule is O=C(NOC1CCCC1)C1=Cc2cc(Br)ccc2OC1. The molecule has 1 aliphatic heterocycles. The summed E-state index contributed by atoms with van der Waals surface area (Å²) in [4.78, 5) is 17.5. The summed E-state index contributed by atoms with van der Waals surface area (Å²) in [6, 6.07) is 5.74. The molecule has 4 nitrogen and oxygen atoms in total. The van der Waals surface area contributed by atoms with Crippen LogP contribution in [0.3, 0.4) is 0 Å². The van der Waals surface area contributed by atoms with E-state index in [9.17, 15) is 4.79 Å². The van der Waals surface area contributed by atoms with Gasteiger partial charge in [-0.1, -0.05) is 28.8 Å². The second kappa shape index (κ2) is 5.97. The highest BCUT2D eigenvalue weighted by Crippen LogP contribution is 2.29. The van der Waals surface area contributed by atoms with Crippen LogP contribution in [-0.2, 0) is 9.63 Å². The number of fused-ring (bicyclic) bond motifs is 1. The highest BCUT2D eigenvalue weighted by molar-refractivity contribution is 9.10. The number of nitrogens with one attached hydrogen (secondary N) is 1. The van der Waals surface area contributed by atoms with Gasteiger partial charge in [-0.25, -0.2) is 5.48 Å². The number of hydrogen-bond donors (Lipinski definition) is 1. The fourth-order valence-electron chi connectivity index (χ4n) is 2.49. The number of benzene rings is 1. The normalized spacial score (nSPS) is 18.1. The van der Waals surface area contributed by atoms with E-state index in [0.29, 0.717) is 5.57 Å². The molecule has 1 aromatic rings. The molecule has 0 saturated heterocycles. The van der Waals surface area contributed by atoms with Crippen LogP contribution in [0.25, 0.3) is 6.08 Å². The first-order chi connectivity index (χ1) is 9.72. The third-order valence-corrected chi connectivity index (χ3v) is 4.09. The second-order valence-electron chi connectivity index (χ2n) is 5.10. The van der Waals surface area contributed by atoms with E-state index in [1.807, 2.05) is 24.3 Å². The van der Waals surface area contributed by atoms with Gasteiger partial charge < -0.3 is 4.74 Å². The second-order valence-corrected chi connectivity index (χ2v) is 6.01. The number of rotatable bonds is 3. The molecular formula is C15H16BrNO3.